The Morgan fingerprint density at radius 1 is 1.29 bits per heavy atom. The standard InChI is InChI=1S/C13H17N3O/c1-10-9-15-13(16-10)14-8-7-11-3-5-12(17-2)6-4-11/h3-6,9H,7-8H2,1-2H3,(H2,14,15,16). The first-order chi connectivity index (χ1) is 8.28. The minimum atomic E-state index is 0.830. The highest BCUT2D eigenvalue weighted by molar-refractivity contribution is 5.29. The van der Waals surface area contributed by atoms with Crippen LogP contribution in [-0.4, -0.2) is 23.6 Å². The summed E-state index contributed by atoms with van der Waals surface area (Å²) in [4.78, 5) is 7.33. The first kappa shape index (κ1) is 11.5. The number of hydrogen-bond donors (Lipinski definition) is 2. The molecule has 2 N–H and O–H groups in total. The van der Waals surface area contributed by atoms with E-state index in [0.29, 0.717) is 0 Å². The van der Waals surface area contributed by atoms with Crippen LogP contribution >= 0.6 is 0 Å². The smallest absolute Gasteiger partial charge is 0.200 e. The van der Waals surface area contributed by atoms with Gasteiger partial charge in [0.15, 0.2) is 5.95 Å². The van der Waals surface area contributed by atoms with Gasteiger partial charge in [0.25, 0.3) is 0 Å². The zero-order valence-electron chi connectivity index (χ0n) is 10.2. The second-order valence-corrected chi connectivity index (χ2v) is 3.94. The van der Waals surface area contributed by atoms with Gasteiger partial charge in [0, 0.05) is 18.4 Å². The Balaban J connectivity index is 1.81. The van der Waals surface area contributed by atoms with Gasteiger partial charge in [-0.2, -0.15) is 0 Å². The predicted octanol–water partition coefficient (Wildman–Crippen LogP) is 2.38. The molecule has 0 fully saturated rings. The zero-order valence-corrected chi connectivity index (χ0v) is 10.2. The Bertz CT molecular complexity index is 462. The summed E-state index contributed by atoms with van der Waals surface area (Å²) < 4.78 is 5.12. The molecule has 1 heterocycles. The van der Waals surface area contributed by atoms with Gasteiger partial charge in [0.05, 0.1) is 7.11 Å². The normalized spacial score (nSPS) is 10.2. The summed E-state index contributed by atoms with van der Waals surface area (Å²) >= 11 is 0. The van der Waals surface area contributed by atoms with E-state index in [9.17, 15) is 0 Å². The maximum absolute atomic E-state index is 5.12. The molecular weight excluding hydrogens is 214 g/mol. The van der Waals surface area contributed by atoms with Crippen LogP contribution in [0.4, 0.5) is 5.95 Å². The van der Waals surface area contributed by atoms with Crippen LogP contribution in [-0.2, 0) is 6.42 Å². The van der Waals surface area contributed by atoms with Crippen molar-refractivity contribution in [3.8, 4) is 5.75 Å². The fourth-order valence-corrected chi connectivity index (χ4v) is 1.62. The minimum Gasteiger partial charge on any atom is -0.497 e. The van der Waals surface area contributed by atoms with Crippen molar-refractivity contribution in [1.29, 1.82) is 0 Å². The van der Waals surface area contributed by atoms with E-state index in [1.807, 2.05) is 25.3 Å². The Morgan fingerprint density at radius 2 is 2.06 bits per heavy atom. The predicted molar refractivity (Wildman–Crippen MR) is 68.5 cm³/mol. The molecule has 4 heteroatoms. The lowest BCUT2D eigenvalue weighted by Gasteiger charge is -2.04. The molecule has 0 unspecified atom stereocenters. The van der Waals surface area contributed by atoms with Crippen molar-refractivity contribution >= 4 is 5.95 Å². The van der Waals surface area contributed by atoms with Crippen LogP contribution in [0.3, 0.4) is 0 Å². The summed E-state index contributed by atoms with van der Waals surface area (Å²) in [7, 11) is 1.68. The molecule has 0 bridgehead atoms. The fourth-order valence-electron chi connectivity index (χ4n) is 1.62. The maximum Gasteiger partial charge on any atom is 0.200 e. The third-order valence-electron chi connectivity index (χ3n) is 2.57. The van der Waals surface area contributed by atoms with Crippen LogP contribution in [0.1, 0.15) is 11.3 Å². The van der Waals surface area contributed by atoms with E-state index in [1.165, 1.54) is 5.56 Å². The molecule has 0 atom stereocenters. The van der Waals surface area contributed by atoms with Crippen LogP contribution in [0.15, 0.2) is 30.5 Å². The van der Waals surface area contributed by atoms with Crippen molar-refractivity contribution in [2.75, 3.05) is 19.0 Å². The van der Waals surface area contributed by atoms with Crippen LogP contribution in [0.5, 0.6) is 5.75 Å². The number of hydrogen-bond acceptors (Lipinski definition) is 3. The largest absolute Gasteiger partial charge is 0.497 e. The highest BCUT2D eigenvalue weighted by atomic mass is 16.5. The van der Waals surface area contributed by atoms with Gasteiger partial charge in [-0.15, -0.1) is 0 Å². The molecule has 2 aromatic rings. The highest BCUT2D eigenvalue weighted by Gasteiger charge is 1.97. The number of nitrogens with one attached hydrogen (secondary N) is 2. The number of H-pyrrole nitrogens is 1. The number of rotatable bonds is 5. The van der Waals surface area contributed by atoms with Crippen LogP contribution in [0.25, 0.3) is 0 Å². The van der Waals surface area contributed by atoms with Crippen molar-refractivity contribution in [3.63, 3.8) is 0 Å². The van der Waals surface area contributed by atoms with Crippen molar-refractivity contribution in [2.45, 2.75) is 13.3 Å². The quantitative estimate of drug-likeness (QED) is 0.830. The zero-order chi connectivity index (χ0) is 12.1. The van der Waals surface area contributed by atoms with E-state index in [4.69, 9.17) is 4.74 Å². The van der Waals surface area contributed by atoms with Crippen LogP contribution in [0, 0.1) is 6.92 Å². The molecule has 0 spiro atoms. The van der Waals surface area contributed by atoms with E-state index in [0.717, 1.165) is 30.4 Å². The SMILES string of the molecule is COc1ccc(CCNc2ncc(C)[nH]2)cc1. The molecule has 0 radical (unpaired) electrons. The van der Waals surface area contributed by atoms with Crippen LogP contribution in [0.2, 0.25) is 0 Å². The van der Waals surface area contributed by atoms with Crippen molar-refractivity contribution in [1.82, 2.24) is 9.97 Å². The molecule has 2 rings (SSSR count). The lowest BCUT2D eigenvalue weighted by Crippen LogP contribution is -2.06. The summed E-state index contributed by atoms with van der Waals surface area (Å²) in [5.41, 5.74) is 2.35. The summed E-state index contributed by atoms with van der Waals surface area (Å²) in [6.45, 7) is 2.85. The number of aryl methyl sites for hydroxylation is 1. The van der Waals surface area contributed by atoms with E-state index < -0.39 is 0 Å². The van der Waals surface area contributed by atoms with Crippen molar-refractivity contribution in [2.24, 2.45) is 0 Å². The number of ether oxygens (including phenoxy) is 1. The molecular formula is C13H17N3O. The van der Waals surface area contributed by atoms with Crippen LogP contribution < -0.4 is 10.1 Å². The number of benzene rings is 1. The molecule has 17 heavy (non-hydrogen) atoms. The number of imidazole rings is 1. The number of anilines is 1. The van der Waals surface area contributed by atoms with Gasteiger partial charge in [-0.1, -0.05) is 12.1 Å². The van der Waals surface area contributed by atoms with Crippen molar-refractivity contribution < 1.29 is 4.74 Å². The number of methoxy groups -OCH3 is 1. The number of aromatic nitrogens is 2. The molecule has 0 aliphatic heterocycles. The van der Waals surface area contributed by atoms with Gasteiger partial charge in [-0.3, -0.25) is 0 Å². The van der Waals surface area contributed by atoms with Gasteiger partial charge in [-0.25, -0.2) is 4.98 Å². The van der Waals surface area contributed by atoms with Gasteiger partial charge >= 0.3 is 0 Å². The Kier molecular flexibility index (Phi) is 3.65. The first-order valence-corrected chi connectivity index (χ1v) is 5.66. The molecule has 1 aromatic carbocycles. The monoisotopic (exact) mass is 231 g/mol. The minimum absolute atomic E-state index is 0.830. The summed E-state index contributed by atoms with van der Waals surface area (Å²) in [6.07, 6.45) is 2.78. The second kappa shape index (κ2) is 5.39. The second-order valence-electron chi connectivity index (χ2n) is 3.94. The highest BCUT2D eigenvalue weighted by Crippen LogP contribution is 2.11. The molecule has 0 aliphatic carbocycles. The van der Waals surface area contributed by atoms with Crippen molar-refractivity contribution in [3.05, 3.63) is 41.7 Å². The molecule has 90 valence electrons. The number of aromatic amines is 1. The van der Waals surface area contributed by atoms with E-state index in [1.54, 1.807) is 7.11 Å². The Hall–Kier alpha value is -1.97. The van der Waals surface area contributed by atoms with E-state index in [-0.39, 0.29) is 0 Å². The molecule has 0 saturated carbocycles. The lowest BCUT2D eigenvalue weighted by molar-refractivity contribution is 0.414. The molecule has 0 aliphatic rings. The van der Waals surface area contributed by atoms with Gasteiger partial charge in [0.1, 0.15) is 5.75 Å². The fraction of sp³-hybridized carbons (Fsp3) is 0.308. The third kappa shape index (κ3) is 3.24. The Morgan fingerprint density at radius 3 is 2.65 bits per heavy atom. The first-order valence-electron chi connectivity index (χ1n) is 5.66. The van der Waals surface area contributed by atoms with Gasteiger partial charge in [-0.05, 0) is 31.0 Å². The van der Waals surface area contributed by atoms with Gasteiger partial charge < -0.3 is 15.0 Å². The summed E-state index contributed by atoms with van der Waals surface area (Å²) in [6, 6.07) is 8.11. The third-order valence-corrected chi connectivity index (χ3v) is 2.57. The van der Waals surface area contributed by atoms with Gasteiger partial charge in [0.2, 0.25) is 0 Å². The average molecular weight is 231 g/mol. The summed E-state index contributed by atoms with van der Waals surface area (Å²) in [5.74, 6) is 1.72. The van der Waals surface area contributed by atoms with E-state index in [2.05, 4.69) is 27.4 Å². The van der Waals surface area contributed by atoms with E-state index >= 15 is 0 Å². The topological polar surface area (TPSA) is 49.9 Å². The average Bonchev–Trinajstić information content (AvgIpc) is 2.76. The Labute approximate surface area is 101 Å². The summed E-state index contributed by atoms with van der Waals surface area (Å²) in [5, 5.41) is 3.24. The molecule has 1 aromatic heterocycles. The lowest BCUT2D eigenvalue weighted by atomic mass is 10.1. The molecule has 4 nitrogen and oxygen atoms in total. The molecule has 0 saturated heterocycles. The molecule has 0 amide bonds. The number of nitrogens with zero attached hydrogens (tertiary/aromatic N) is 1. The maximum atomic E-state index is 5.12.